The van der Waals surface area contributed by atoms with Crippen molar-refractivity contribution in [3.05, 3.63) is 266 Å². The molecule has 78 heavy (non-hydrogen) atoms. The largest absolute Gasteiger partial charge is 0.309 e. The molecular weight excluding hydrogens is 949 g/mol. The Morgan fingerprint density at radius 1 is 0.231 bits per heavy atom. The minimum absolute atomic E-state index is 0.651. The third-order valence-corrected chi connectivity index (χ3v) is 16.3. The van der Waals surface area contributed by atoms with E-state index in [4.69, 9.17) is 9.97 Å². The summed E-state index contributed by atoms with van der Waals surface area (Å²) < 4.78 is 9.82. The number of para-hydroxylation sites is 8. The summed E-state index contributed by atoms with van der Waals surface area (Å²) in [5, 5.41) is 9.70. The van der Waals surface area contributed by atoms with Crippen LogP contribution >= 0.6 is 0 Å². The summed E-state index contributed by atoms with van der Waals surface area (Å²) in [6, 6.07) is 92.4. The third-order valence-electron chi connectivity index (χ3n) is 16.3. The Kier molecular flexibility index (Phi) is 9.66. The Hall–Kier alpha value is -10.3. The van der Waals surface area contributed by atoms with Gasteiger partial charge in [0.05, 0.1) is 78.3 Å². The van der Waals surface area contributed by atoms with Gasteiger partial charge in [-0.1, -0.05) is 176 Å². The Morgan fingerprint density at radius 2 is 0.449 bits per heavy atom. The van der Waals surface area contributed by atoms with E-state index in [0.29, 0.717) is 5.82 Å². The molecule has 366 valence electrons. The van der Waals surface area contributed by atoms with E-state index in [2.05, 4.69) is 287 Å². The third kappa shape index (κ3) is 6.50. The molecule has 0 unspecified atom stereocenters. The van der Waals surface area contributed by atoms with E-state index >= 15 is 0 Å². The van der Waals surface area contributed by atoms with Gasteiger partial charge in [-0.15, -0.1) is 0 Å². The summed E-state index contributed by atoms with van der Waals surface area (Å²) in [5.74, 6) is 0.651. The molecule has 0 bridgehead atoms. The van der Waals surface area contributed by atoms with Crippen LogP contribution in [0, 0.1) is 13.8 Å². The SMILES string of the molecule is Cc1c(-n2c3ccccc3c3ccccc32)cc(-c2cc(-c3cc(-n4c5ccccc5c5ccccc54)c(C)c(-n4c5ccccc5c5ccccc54)c3)nc(-c3ccccc3)n2)cc1-n1c2ccccc2c2ccccc21. The smallest absolute Gasteiger partial charge is 0.160 e. The average Bonchev–Trinajstić information content (AvgIpc) is 4.26. The maximum Gasteiger partial charge on any atom is 0.160 e. The molecule has 0 amide bonds. The molecule has 0 saturated heterocycles. The van der Waals surface area contributed by atoms with Gasteiger partial charge >= 0.3 is 0 Å². The lowest BCUT2D eigenvalue weighted by Gasteiger charge is -2.21. The highest BCUT2D eigenvalue weighted by atomic mass is 15.0. The number of nitrogens with zero attached hydrogens (tertiary/aromatic N) is 6. The first-order chi connectivity index (χ1) is 38.6. The van der Waals surface area contributed by atoms with E-state index in [9.17, 15) is 0 Å². The first-order valence-corrected chi connectivity index (χ1v) is 26.7. The van der Waals surface area contributed by atoms with Crippen LogP contribution in [0.15, 0.2) is 255 Å². The van der Waals surface area contributed by atoms with Crippen LogP contribution in [-0.4, -0.2) is 28.2 Å². The van der Waals surface area contributed by atoms with Crippen LogP contribution in [0.5, 0.6) is 0 Å². The molecule has 0 radical (unpaired) electrons. The van der Waals surface area contributed by atoms with Gasteiger partial charge in [-0.2, -0.15) is 0 Å². The van der Waals surface area contributed by atoms with Crippen molar-refractivity contribution in [2.24, 2.45) is 0 Å². The van der Waals surface area contributed by atoms with Gasteiger partial charge in [0.1, 0.15) is 0 Å². The van der Waals surface area contributed by atoms with Gasteiger partial charge in [0.2, 0.25) is 0 Å². The Bertz CT molecular complexity index is 4340. The summed E-state index contributed by atoms with van der Waals surface area (Å²) >= 11 is 0. The van der Waals surface area contributed by atoms with Crippen molar-refractivity contribution < 1.29 is 0 Å². The van der Waals surface area contributed by atoms with Gasteiger partial charge in [0.25, 0.3) is 0 Å². The van der Waals surface area contributed by atoms with Gasteiger partial charge in [-0.05, 0) is 104 Å². The predicted molar refractivity (Wildman–Crippen MR) is 325 cm³/mol. The van der Waals surface area contributed by atoms with E-state index < -0.39 is 0 Å². The average molecular weight is 997 g/mol. The number of hydrogen-bond acceptors (Lipinski definition) is 2. The lowest BCUT2D eigenvalue weighted by atomic mass is 10.00. The molecule has 6 heteroatoms. The van der Waals surface area contributed by atoms with Crippen molar-refractivity contribution >= 4 is 87.2 Å². The van der Waals surface area contributed by atoms with E-state index in [1.807, 2.05) is 0 Å². The van der Waals surface area contributed by atoms with Crippen molar-refractivity contribution in [1.82, 2.24) is 28.2 Å². The zero-order chi connectivity index (χ0) is 51.6. The summed E-state index contributed by atoms with van der Waals surface area (Å²) in [6.45, 7) is 4.56. The molecule has 6 nitrogen and oxygen atoms in total. The van der Waals surface area contributed by atoms with Crippen LogP contribution in [0.4, 0.5) is 0 Å². The normalized spacial score (nSPS) is 12.0. The molecule has 0 spiro atoms. The quantitative estimate of drug-likeness (QED) is 0.160. The lowest BCUT2D eigenvalue weighted by molar-refractivity contribution is 1.09. The molecule has 0 fully saturated rings. The van der Waals surface area contributed by atoms with E-state index in [-0.39, 0.29) is 0 Å². The fourth-order valence-electron chi connectivity index (χ4n) is 12.8. The molecule has 0 N–H and O–H groups in total. The minimum Gasteiger partial charge on any atom is -0.309 e. The Labute approximate surface area is 449 Å². The van der Waals surface area contributed by atoms with E-state index in [1.165, 1.54) is 43.1 Å². The minimum atomic E-state index is 0.651. The van der Waals surface area contributed by atoms with Crippen LogP contribution in [-0.2, 0) is 0 Å². The number of hydrogen-bond donors (Lipinski definition) is 0. The summed E-state index contributed by atoms with van der Waals surface area (Å²) in [6.07, 6.45) is 0. The second-order valence-electron chi connectivity index (χ2n) is 20.6. The fourth-order valence-corrected chi connectivity index (χ4v) is 12.8. The highest BCUT2D eigenvalue weighted by Crippen LogP contribution is 2.43. The summed E-state index contributed by atoms with van der Waals surface area (Å²) in [7, 11) is 0. The molecule has 0 saturated carbocycles. The second kappa shape index (κ2) is 17.1. The molecule has 5 aromatic heterocycles. The Balaban J connectivity index is 1.02. The van der Waals surface area contributed by atoms with Gasteiger partial charge in [-0.25, -0.2) is 9.97 Å². The molecule has 16 aromatic rings. The molecule has 11 aromatic carbocycles. The highest BCUT2D eigenvalue weighted by molar-refractivity contribution is 6.13. The van der Waals surface area contributed by atoms with Gasteiger partial charge < -0.3 is 18.3 Å². The number of rotatable bonds is 7. The number of fused-ring (bicyclic) bond motifs is 12. The molecule has 16 rings (SSSR count). The zero-order valence-corrected chi connectivity index (χ0v) is 42.9. The van der Waals surface area contributed by atoms with Gasteiger partial charge in [0.15, 0.2) is 5.82 Å². The maximum atomic E-state index is 5.61. The van der Waals surface area contributed by atoms with Gasteiger partial charge in [-0.3, -0.25) is 0 Å². The standard InChI is InChI=1S/C72H48N6/c1-45-68(75-60-32-14-6-24-50(60)51-25-7-15-33-61(51)75)40-48(41-69(45)76-62-34-16-8-26-52(62)53-27-9-17-35-63(53)76)58-44-59(74-72(73-58)47-22-4-3-5-23-47)49-42-70(77-64-36-18-10-28-54(64)55-29-11-19-37-65(55)77)46(2)71(43-49)78-66-38-20-12-30-56(66)57-31-13-21-39-67(57)78/h3-44H,1-2H3. The molecule has 0 atom stereocenters. The number of aromatic nitrogens is 6. The van der Waals surface area contributed by atoms with E-state index in [0.717, 1.165) is 106 Å². The summed E-state index contributed by atoms with van der Waals surface area (Å²) in [4.78, 5) is 11.2. The fraction of sp³-hybridized carbons (Fsp3) is 0.0278. The van der Waals surface area contributed by atoms with Crippen molar-refractivity contribution in [3.63, 3.8) is 0 Å². The maximum absolute atomic E-state index is 5.61. The number of benzene rings is 11. The van der Waals surface area contributed by atoms with Crippen molar-refractivity contribution in [2.45, 2.75) is 13.8 Å². The van der Waals surface area contributed by atoms with Crippen LogP contribution < -0.4 is 0 Å². The van der Waals surface area contributed by atoms with Crippen molar-refractivity contribution in [1.29, 1.82) is 0 Å². The topological polar surface area (TPSA) is 45.5 Å². The molecular formula is C72H48N6. The monoisotopic (exact) mass is 996 g/mol. The van der Waals surface area contributed by atoms with Crippen LogP contribution in [0.1, 0.15) is 11.1 Å². The first-order valence-electron chi connectivity index (χ1n) is 26.7. The zero-order valence-electron chi connectivity index (χ0n) is 42.9. The highest BCUT2D eigenvalue weighted by Gasteiger charge is 2.24. The van der Waals surface area contributed by atoms with Crippen molar-refractivity contribution in [2.75, 3.05) is 0 Å². The molecule has 0 aliphatic carbocycles. The Morgan fingerprint density at radius 3 is 0.692 bits per heavy atom. The molecule has 0 aliphatic rings. The predicted octanol–water partition coefficient (Wildman–Crippen LogP) is 18.5. The van der Waals surface area contributed by atoms with Crippen LogP contribution in [0.3, 0.4) is 0 Å². The summed E-state index contributed by atoms with van der Waals surface area (Å²) in [5.41, 5.74) is 20.4. The van der Waals surface area contributed by atoms with Crippen LogP contribution in [0.25, 0.3) is 144 Å². The van der Waals surface area contributed by atoms with E-state index in [1.54, 1.807) is 0 Å². The molecule has 5 heterocycles. The molecule has 0 aliphatic heterocycles. The van der Waals surface area contributed by atoms with Crippen molar-refractivity contribution in [3.8, 4) is 56.7 Å². The van der Waals surface area contributed by atoms with Gasteiger partial charge in [0, 0.05) is 59.8 Å². The first kappa shape index (κ1) is 44.0. The lowest BCUT2D eigenvalue weighted by Crippen LogP contribution is -2.06. The second-order valence-corrected chi connectivity index (χ2v) is 20.6. The van der Waals surface area contributed by atoms with Crippen LogP contribution in [0.2, 0.25) is 0 Å².